The molecule has 1 aliphatic heterocycles. The molecule has 0 unspecified atom stereocenters. The van der Waals surface area contributed by atoms with Gasteiger partial charge in [-0.2, -0.15) is 0 Å². The van der Waals surface area contributed by atoms with E-state index >= 15 is 0 Å². The molecule has 1 aromatic rings. The van der Waals surface area contributed by atoms with E-state index in [1.165, 1.54) is 11.3 Å². The maximum absolute atomic E-state index is 11.8. The molecule has 2 rings (SSSR count). The minimum absolute atomic E-state index is 0.0135. The molecule has 0 saturated carbocycles. The molecule has 1 N–H and O–H groups in total. The van der Waals surface area contributed by atoms with Crippen molar-refractivity contribution in [1.82, 2.24) is 15.2 Å². The van der Waals surface area contributed by atoms with Crippen LogP contribution in [0.4, 0.5) is 0 Å². The van der Waals surface area contributed by atoms with Crippen LogP contribution in [0.5, 0.6) is 0 Å². The van der Waals surface area contributed by atoms with Gasteiger partial charge in [0, 0.05) is 26.2 Å². The van der Waals surface area contributed by atoms with Gasteiger partial charge in [0.2, 0.25) is 0 Å². The first-order valence-electron chi connectivity index (χ1n) is 6.32. The highest BCUT2D eigenvalue weighted by molar-refractivity contribution is 7.13. The molecular formula is C12H19N3O2S. The number of rotatable bonds is 5. The fourth-order valence-electron chi connectivity index (χ4n) is 1.82. The van der Waals surface area contributed by atoms with Gasteiger partial charge < -0.3 is 10.1 Å². The van der Waals surface area contributed by atoms with Gasteiger partial charge in [-0.25, -0.2) is 4.98 Å². The van der Waals surface area contributed by atoms with Gasteiger partial charge in [0.05, 0.1) is 24.4 Å². The third kappa shape index (κ3) is 3.76. The van der Waals surface area contributed by atoms with E-state index in [1.54, 1.807) is 6.20 Å². The number of aryl methyl sites for hydroxylation is 1. The lowest BCUT2D eigenvalue weighted by atomic mass is 10.4. The van der Waals surface area contributed by atoms with Crippen molar-refractivity contribution in [1.29, 1.82) is 0 Å². The third-order valence-electron chi connectivity index (χ3n) is 2.90. The number of thiazole rings is 1. The summed E-state index contributed by atoms with van der Waals surface area (Å²) in [6.45, 7) is 7.10. The van der Waals surface area contributed by atoms with E-state index in [2.05, 4.69) is 15.2 Å². The molecule has 1 fully saturated rings. The highest BCUT2D eigenvalue weighted by atomic mass is 32.1. The van der Waals surface area contributed by atoms with Crippen LogP contribution in [0.3, 0.4) is 0 Å². The Bertz CT molecular complexity index is 388. The molecule has 0 atom stereocenters. The van der Waals surface area contributed by atoms with Gasteiger partial charge in [-0.3, -0.25) is 9.69 Å². The van der Waals surface area contributed by atoms with Crippen LogP contribution in [0, 0.1) is 0 Å². The maximum atomic E-state index is 11.8. The molecule has 1 aromatic heterocycles. The average molecular weight is 269 g/mol. The summed E-state index contributed by atoms with van der Waals surface area (Å²) in [5, 5.41) is 3.94. The van der Waals surface area contributed by atoms with Crippen molar-refractivity contribution < 1.29 is 9.53 Å². The highest BCUT2D eigenvalue weighted by Crippen LogP contribution is 2.12. The summed E-state index contributed by atoms with van der Waals surface area (Å²) in [7, 11) is 0. The molecule has 18 heavy (non-hydrogen) atoms. The molecule has 2 heterocycles. The van der Waals surface area contributed by atoms with E-state index in [-0.39, 0.29) is 5.91 Å². The van der Waals surface area contributed by atoms with Crippen LogP contribution in [0.15, 0.2) is 6.20 Å². The Morgan fingerprint density at radius 1 is 1.56 bits per heavy atom. The van der Waals surface area contributed by atoms with Crippen molar-refractivity contribution in [3.05, 3.63) is 16.1 Å². The molecule has 1 aliphatic rings. The summed E-state index contributed by atoms with van der Waals surface area (Å²) in [6, 6.07) is 0. The van der Waals surface area contributed by atoms with Gasteiger partial charge in [-0.05, 0) is 6.42 Å². The zero-order chi connectivity index (χ0) is 12.8. The van der Waals surface area contributed by atoms with Gasteiger partial charge in [-0.1, -0.05) is 6.92 Å². The van der Waals surface area contributed by atoms with Crippen molar-refractivity contribution in [2.75, 3.05) is 39.4 Å². The van der Waals surface area contributed by atoms with Crippen molar-refractivity contribution in [2.45, 2.75) is 13.3 Å². The van der Waals surface area contributed by atoms with Gasteiger partial charge in [-0.15, -0.1) is 11.3 Å². The zero-order valence-corrected chi connectivity index (χ0v) is 11.5. The normalized spacial score (nSPS) is 16.7. The number of ether oxygens (including phenoxy) is 1. The molecule has 0 aliphatic carbocycles. The summed E-state index contributed by atoms with van der Waals surface area (Å²) in [5.41, 5.74) is 0. The predicted molar refractivity (Wildman–Crippen MR) is 71.1 cm³/mol. The Balaban J connectivity index is 1.70. The first-order valence-corrected chi connectivity index (χ1v) is 7.14. The SMILES string of the molecule is CCc1ncc(C(=O)NCCN2CCOCC2)s1. The van der Waals surface area contributed by atoms with Gasteiger partial charge in [0.1, 0.15) is 4.88 Å². The molecule has 1 amide bonds. The monoisotopic (exact) mass is 269 g/mol. The molecule has 0 aromatic carbocycles. The van der Waals surface area contributed by atoms with Gasteiger partial charge in [0.15, 0.2) is 0 Å². The minimum Gasteiger partial charge on any atom is -0.379 e. The largest absolute Gasteiger partial charge is 0.379 e. The van der Waals surface area contributed by atoms with Crippen LogP contribution in [-0.4, -0.2) is 55.2 Å². The lowest BCUT2D eigenvalue weighted by Crippen LogP contribution is -2.41. The van der Waals surface area contributed by atoms with Crippen LogP contribution in [0.2, 0.25) is 0 Å². The summed E-state index contributed by atoms with van der Waals surface area (Å²) in [4.78, 5) is 19.0. The number of morpholine rings is 1. The quantitative estimate of drug-likeness (QED) is 0.858. The summed E-state index contributed by atoms with van der Waals surface area (Å²) < 4.78 is 5.28. The standard InChI is InChI=1S/C12H19N3O2S/c1-2-11-14-9-10(18-11)12(16)13-3-4-15-5-7-17-8-6-15/h9H,2-8H2,1H3,(H,13,16). The van der Waals surface area contributed by atoms with E-state index in [9.17, 15) is 4.79 Å². The molecular weight excluding hydrogens is 250 g/mol. The lowest BCUT2D eigenvalue weighted by molar-refractivity contribution is 0.0383. The van der Waals surface area contributed by atoms with E-state index in [1.807, 2.05) is 6.92 Å². The number of hydrogen-bond acceptors (Lipinski definition) is 5. The minimum atomic E-state index is -0.0135. The Kier molecular flexibility index (Phi) is 5.10. The maximum Gasteiger partial charge on any atom is 0.263 e. The van der Waals surface area contributed by atoms with Crippen molar-refractivity contribution in [3.8, 4) is 0 Å². The Labute approximate surface area is 111 Å². The highest BCUT2D eigenvalue weighted by Gasteiger charge is 2.12. The fourth-order valence-corrected chi connectivity index (χ4v) is 2.59. The molecule has 1 saturated heterocycles. The number of aromatic nitrogens is 1. The van der Waals surface area contributed by atoms with Crippen LogP contribution >= 0.6 is 11.3 Å². The number of nitrogens with one attached hydrogen (secondary N) is 1. The topological polar surface area (TPSA) is 54.5 Å². The average Bonchev–Trinajstić information content (AvgIpc) is 2.89. The lowest BCUT2D eigenvalue weighted by Gasteiger charge is -2.26. The molecule has 5 nitrogen and oxygen atoms in total. The zero-order valence-electron chi connectivity index (χ0n) is 10.6. The second-order valence-electron chi connectivity index (χ2n) is 4.18. The molecule has 6 heteroatoms. The summed E-state index contributed by atoms with van der Waals surface area (Å²) in [6.07, 6.45) is 2.54. The van der Waals surface area contributed by atoms with Crippen molar-refractivity contribution in [2.24, 2.45) is 0 Å². The van der Waals surface area contributed by atoms with E-state index < -0.39 is 0 Å². The Morgan fingerprint density at radius 2 is 2.33 bits per heavy atom. The second kappa shape index (κ2) is 6.82. The van der Waals surface area contributed by atoms with E-state index in [0.29, 0.717) is 11.4 Å². The Morgan fingerprint density at radius 3 is 3.00 bits per heavy atom. The number of nitrogens with zero attached hydrogens (tertiary/aromatic N) is 2. The Hall–Kier alpha value is -0.980. The first-order chi connectivity index (χ1) is 8.79. The van der Waals surface area contributed by atoms with Crippen LogP contribution in [0.1, 0.15) is 21.6 Å². The van der Waals surface area contributed by atoms with Crippen LogP contribution < -0.4 is 5.32 Å². The second-order valence-corrected chi connectivity index (χ2v) is 5.30. The van der Waals surface area contributed by atoms with Gasteiger partial charge in [0.25, 0.3) is 5.91 Å². The van der Waals surface area contributed by atoms with E-state index in [0.717, 1.165) is 44.3 Å². The molecule has 0 radical (unpaired) electrons. The summed E-state index contributed by atoms with van der Waals surface area (Å²) in [5.74, 6) is -0.0135. The fraction of sp³-hybridized carbons (Fsp3) is 0.667. The molecule has 0 bridgehead atoms. The van der Waals surface area contributed by atoms with Crippen LogP contribution in [-0.2, 0) is 11.2 Å². The van der Waals surface area contributed by atoms with E-state index in [4.69, 9.17) is 4.74 Å². The number of amides is 1. The molecule has 100 valence electrons. The van der Waals surface area contributed by atoms with Gasteiger partial charge >= 0.3 is 0 Å². The third-order valence-corrected chi connectivity index (χ3v) is 4.04. The predicted octanol–water partition coefficient (Wildman–Crippen LogP) is 0.768. The summed E-state index contributed by atoms with van der Waals surface area (Å²) >= 11 is 1.47. The number of hydrogen-bond donors (Lipinski definition) is 1. The van der Waals surface area contributed by atoms with Crippen molar-refractivity contribution in [3.63, 3.8) is 0 Å². The number of carbonyl (C=O) groups excluding carboxylic acids is 1. The van der Waals surface area contributed by atoms with Crippen LogP contribution in [0.25, 0.3) is 0 Å². The van der Waals surface area contributed by atoms with Crippen molar-refractivity contribution >= 4 is 17.2 Å². The molecule has 0 spiro atoms. The smallest absolute Gasteiger partial charge is 0.263 e. The number of carbonyl (C=O) groups is 1. The first kappa shape index (κ1) is 13.5.